The van der Waals surface area contributed by atoms with Crippen LogP contribution < -0.4 is 5.32 Å². The fraction of sp³-hybridized carbons (Fsp3) is 0.269. The largest absolute Gasteiger partial charge is 0.454 e. The number of amides is 3. The summed E-state index contributed by atoms with van der Waals surface area (Å²) in [5.74, 6) is -2.89. The van der Waals surface area contributed by atoms with Gasteiger partial charge in [-0.25, -0.2) is 9.48 Å². The summed E-state index contributed by atoms with van der Waals surface area (Å²) in [5, 5.41) is 7.23. The second-order valence-corrected chi connectivity index (χ2v) is 8.66. The quantitative estimate of drug-likeness (QED) is 0.416. The summed E-state index contributed by atoms with van der Waals surface area (Å²) in [7, 11) is 0. The number of aryl methyl sites for hydroxylation is 1. The van der Waals surface area contributed by atoms with Crippen LogP contribution in [0.5, 0.6) is 0 Å². The van der Waals surface area contributed by atoms with Crippen molar-refractivity contribution < 1.29 is 23.9 Å². The lowest BCUT2D eigenvalue weighted by atomic mass is 10.0. The topological polar surface area (TPSA) is 111 Å². The fourth-order valence-electron chi connectivity index (χ4n) is 4.18. The van der Waals surface area contributed by atoms with Crippen LogP contribution in [0.15, 0.2) is 54.6 Å². The lowest BCUT2D eigenvalue weighted by Gasteiger charge is -2.27. The zero-order valence-corrected chi connectivity index (χ0v) is 19.9. The summed E-state index contributed by atoms with van der Waals surface area (Å²) >= 11 is 0. The molecule has 2 heterocycles. The van der Waals surface area contributed by atoms with Crippen LogP contribution in [0.1, 0.15) is 46.0 Å². The molecule has 9 nitrogen and oxygen atoms in total. The van der Waals surface area contributed by atoms with Crippen molar-refractivity contribution >= 4 is 29.4 Å². The van der Waals surface area contributed by atoms with Gasteiger partial charge in [0.05, 0.1) is 33.9 Å². The Morgan fingerprint density at radius 3 is 2.09 bits per heavy atom. The van der Waals surface area contributed by atoms with E-state index in [0.29, 0.717) is 11.4 Å². The number of carbonyl (C=O) groups excluding carboxylic acids is 4. The first kappa shape index (κ1) is 23.9. The minimum atomic E-state index is -1.15. The molecule has 1 N–H and O–H groups in total. The van der Waals surface area contributed by atoms with Gasteiger partial charge < -0.3 is 10.1 Å². The highest BCUT2D eigenvalue weighted by Gasteiger charge is 2.44. The zero-order valence-electron chi connectivity index (χ0n) is 19.9. The molecule has 0 bridgehead atoms. The Kier molecular flexibility index (Phi) is 6.50. The third-order valence-corrected chi connectivity index (χ3v) is 5.88. The van der Waals surface area contributed by atoms with E-state index in [1.807, 2.05) is 37.3 Å². The number of nitrogens with zero attached hydrogens (tertiary/aromatic N) is 3. The molecule has 1 atom stereocenters. The Bertz CT molecular complexity index is 1280. The third kappa shape index (κ3) is 4.44. The molecule has 1 aliphatic heterocycles. The first-order valence-corrected chi connectivity index (χ1v) is 11.3. The minimum absolute atomic E-state index is 0.245. The molecule has 3 aromatic rings. The van der Waals surface area contributed by atoms with Gasteiger partial charge in [-0.15, -0.1) is 0 Å². The van der Waals surface area contributed by atoms with Gasteiger partial charge in [-0.1, -0.05) is 44.2 Å². The highest BCUT2D eigenvalue weighted by molar-refractivity contribution is 6.22. The smallest absolute Gasteiger partial charge is 0.330 e. The lowest BCUT2D eigenvalue weighted by molar-refractivity contribution is -0.152. The van der Waals surface area contributed by atoms with Gasteiger partial charge in [-0.2, -0.15) is 5.10 Å². The summed E-state index contributed by atoms with van der Waals surface area (Å²) in [5.41, 5.74) is 3.19. The molecule has 0 spiro atoms. The number of carbonyl (C=O) groups is 4. The maximum atomic E-state index is 12.9. The number of anilines is 1. The standard InChI is InChI=1S/C26H26N4O5/c1-15(2)23(29-24(32)19-12-8-9-13-20(19)25(29)33)26(34)35-14-21(31)27-22-16(3)28-30(17(22)4)18-10-6-5-7-11-18/h5-13,15,23H,14H2,1-4H3,(H,27,31). The van der Waals surface area contributed by atoms with Crippen LogP contribution in [-0.2, 0) is 14.3 Å². The van der Waals surface area contributed by atoms with Crippen molar-refractivity contribution in [3.05, 3.63) is 77.1 Å². The van der Waals surface area contributed by atoms with Crippen LogP contribution in [0.3, 0.4) is 0 Å². The molecule has 0 fully saturated rings. The van der Waals surface area contributed by atoms with Gasteiger partial charge in [-0.05, 0) is 44.0 Å². The minimum Gasteiger partial charge on any atom is -0.454 e. The first-order chi connectivity index (χ1) is 16.7. The van der Waals surface area contributed by atoms with Crippen molar-refractivity contribution in [2.24, 2.45) is 5.92 Å². The third-order valence-electron chi connectivity index (χ3n) is 5.88. The Morgan fingerprint density at radius 1 is 0.943 bits per heavy atom. The molecule has 35 heavy (non-hydrogen) atoms. The fourth-order valence-corrected chi connectivity index (χ4v) is 4.18. The number of benzene rings is 2. The molecule has 0 aliphatic carbocycles. The number of hydrogen-bond donors (Lipinski definition) is 1. The van der Waals surface area contributed by atoms with Crippen molar-refractivity contribution in [3.63, 3.8) is 0 Å². The van der Waals surface area contributed by atoms with Gasteiger partial charge in [0, 0.05) is 0 Å². The Labute approximate surface area is 202 Å². The Morgan fingerprint density at radius 2 is 1.51 bits per heavy atom. The molecule has 1 aliphatic rings. The summed E-state index contributed by atoms with van der Waals surface area (Å²) < 4.78 is 6.97. The van der Waals surface area contributed by atoms with E-state index in [9.17, 15) is 19.2 Å². The van der Waals surface area contributed by atoms with Crippen LogP contribution in [0, 0.1) is 19.8 Å². The summed E-state index contributed by atoms with van der Waals surface area (Å²) in [4.78, 5) is 52.1. The predicted octanol–water partition coefficient (Wildman–Crippen LogP) is 3.29. The van der Waals surface area contributed by atoms with Crippen molar-refractivity contribution in [1.29, 1.82) is 0 Å². The predicted molar refractivity (Wildman–Crippen MR) is 128 cm³/mol. The van der Waals surface area contributed by atoms with Gasteiger partial charge >= 0.3 is 5.97 Å². The highest BCUT2D eigenvalue weighted by Crippen LogP contribution is 2.28. The second-order valence-electron chi connectivity index (χ2n) is 8.66. The Hall–Kier alpha value is -4.27. The number of ether oxygens (including phenoxy) is 1. The van der Waals surface area contributed by atoms with E-state index in [1.54, 1.807) is 49.7 Å². The summed E-state index contributed by atoms with van der Waals surface area (Å²) in [6, 6.07) is 14.7. The monoisotopic (exact) mass is 474 g/mol. The number of para-hydroxylation sites is 1. The molecule has 9 heteroatoms. The first-order valence-electron chi connectivity index (χ1n) is 11.3. The molecule has 2 aromatic carbocycles. The molecule has 180 valence electrons. The molecule has 1 unspecified atom stereocenters. The van der Waals surface area contributed by atoms with E-state index in [4.69, 9.17) is 4.74 Å². The van der Waals surface area contributed by atoms with E-state index in [2.05, 4.69) is 10.4 Å². The van der Waals surface area contributed by atoms with E-state index < -0.39 is 42.3 Å². The van der Waals surface area contributed by atoms with Gasteiger partial charge in [-0.3, -0.25) is 19.3 Å². The maximum absolute atomic E-state index is 12.9. The molecule has 4 rings (SSSR count). The SMILES string of the molecule is Cc1nn(-c2ccccc2)c(C)c1NC(=O)COC(=O)C(C(C)C)N1C(=O)c2ccccc2C1=O. The number of imide groups is 1. The normalized spacial score (nSPS) is 13.7. The van der Waals surface area contributed by atoms with E-state index in [-0.39, 0.29) is 11.1 Å². The molecular weight excluding hydrogens is 448 g/mol. The second kappa shape index (κ2) is 9.54. The van der Waals surface area contributed by atoms with Crippen LogP contribution in [0.2, 0.25) is 0 Å². The lowest BCUT2D eigenvalue weighted by Crippen LogP contribution is -2.49. The van der Waals surface area contributed by atoms with Gasteiger partial charge in [0.1, 0.15) is 6.04 Å². The molecular formula is C26H26N4O5. The molecule has 0 saturated carbocycles. The number of fused-ring (bicyclic) bond motifs is 1. The number of aromatic nitrogens is 2. The summed E-state index contributed by atoms with van der Waals surface area (Å²) in [6.07, 6.45) is 0. The van der Waals surface area contributed by atoms with Gasteiger partial charge in [0.15, 0.2) is 6.61 Å². The average Bonchev–Trinajstić information content (AvgIpc) is 3.26. The van der Waals surface area contributed by atoms with Crippen LogP contribution in [0.4, 0.5) is 5.69 Å². The highest BCUT2D eigenvalue weighted by atomic mass is 16.5. The van der Waals surface area contributed by atoms with Crippen molar-refractivity contribution in [2.45, 2.75) is 33.7 Å². The van der Waals surface area contributed by atoms with Gasteiger partial charge in [0.2, 0.25) is 0 Å². The van der Waals surface area contributed by atoms with Gasteiger partial charge in [0.25, 0.3) is 17.7 Å². The summed E-state index contributed by atoms with van der Waals surface area (Å²) in [6.45, 7) is 6.44. The molecule has 0 radical (unpaired) electrons. The molecule has 1 aromatic heterocycles. The van der Waals surface area contributed by atoms with Crippen molar-refractivity contribution in [2.75, 3.05) is 11.9 Å². The van der Waals surface area contributed by atoms with Crippen LogP contribution >= 0.6 is 0 Å². The van der Waals surface area contributed by atoms with Crippen molar-refractivity contribution in [1.82, 2.24) is 14.7 Å². The van der Waals surface area contributed by atoms with Crippen LogP contribution in [0.25, 0.3) is 5.69 Å². The Balaban J connectivity index is 1.44. The maximum Gasteiger partial charge on any atom is 0.330 e. The van der Waals surface area contributed by atoms with Crippen molar-refractivity contribution in [3.8, 4) is 5.69 Å². The molecule has 3 amide bonds. The van der Waals surface area contributed by atoms with E-state index >= 15 is 0 Å². The molecule has 0 saturated heterocycles. The van der Waals surface area contributed by atoms with E-state index in [0.717, 1.165) is 16.3 Å². The van der Waals surface area contributed by atoms with E-state index in [1.165, 1.54) is 0 Å². The number of nitrogens with one attached hydrogen (secondary N) is 1. The van der Waals surface area contributed by atoms with Crippen LogP contribution in [-0.4, -0.2) is 51.0 Å². The number of hydrogen-bond acceptors (Lipinski definition) is 6. The number of esters is 1. The average molecular weight is 475 g/mol. The number of rotatable bonds is 7. The zero-order chi connectivity index (χ0) is 25.3.